The Morgan fingerprint density at radius 2 is 2.03 bits per heavy atom. The first-order valence-corrected chi connectivity index (χ1v) is 12.7. The van der Waals surface area contributed by atoms with Gasteiger partial charge in [0.15, 0.2) is 0 Å². The zero-order valence-corrected chi connectivity index (χ0v) is 20.5. The third-order valence-electron chi connectivity index (χ3n) is 5.27. The predicted molar refractivity (Wildman–Crippen MR) is 140 cm³/mol. The maximum atomic E-state index is 13.2. The molecule has 1 N–H and O–H groups in total. The molecular weight excluding hydrogens is 465 g/mol. The summed E-state index contributed by atoms with van der Waals surface area (Å²) in [6.07, 6.45) is 6.34. The van der Waals surface area contributed by atoms with Crippen LogP contribution in [-0.4, -0.2) is 66.2 Å². The average molecular weight is 494 g/mol. The fourth-order valence-electron chi connectivity index (χ4n) is 3.49. The molecule has 0 saturated carbocycles. The van der Waals surface area contributed by atoms with Gasteiger partial charge in [-0.3, -0.25) is 19.0 Å². The molecule has 2 aromatic rings. The minimum Gasteiger partial charge on any atom is -0.354 e. The smallest absolute Gasteiger partial charge is 0.252 e. The Morgan fingerprint density at radius 1 is 1.29 bits per heavy atom. The third kappa shape index (κ3) is 7.97. The van der Waals surface area contributed by atoms with E-state index in [0.717, 1.165) is 5.57 Å². The number of pyridine rings is 1. The molecule has 3 rings (SSSR count). The molecule has 2 heterocycles. The van der Waals surface area contributed by atoms with E-state index >= 15 is 0 Å². The van der Waals surface area contributed by atoms with Crippen molar-refractivity contribution in [2.24, 2.45) is 9.98 Å². The summed E-state index contributed by atoms with van der Waals surface area (Å²) < 4.78 is 25.0. The molecule has 1 aromatic carbocycles. The molecule has 0 radical (unpaired) electrons. The first-order chi connectivity index (χ1) is 17.0. The van der Waals surface area contributed by atoms with Gasteiger partial charge in [0.1, 0.15) is 11.6 Å². The van der Waals surface area contributed by atoms with E-state index in [1.165, 1.54) is 18.3 Å². The molecule has 0 aliphatic carbocycles. The van der Waals surface area contributed by atoms with Gasteiger partial charge in [0.2, 0.25) is 0 Å². The summed E-state index contributed by atoms with van der Waals surface area (Å²) in [6.45, 7) is 5.14. The highest BCUT2D eigenvalue weighted by Crippen LogP contribution is 2.20. The van der Waals surface area contributed by atoms with Gasteiger partial charge < -0.3 is 10.2 Å². The van der Waals surface area contributed by atoms with Gasteiger partial charge in [-0.05, 0) is 55.5 Å². The van der Waals surface area contributed by atoms with Crippen molar-refractivity contribution in [2.45, 2.75) is 12.8 Å². The maximum absolute atomic E-state index is 13.2. The van der Waals surface area contributed by atoms with Crippen molar-refractivity contribution >= 4 is 35.5 Å². The molecule has 0 spiro atoms. The number of hydrogen-bond donors (Lipinski definition) is 1. The molecule has 0 atom stereocenters. The van der Waals surface area contributed by atoms with E-state index in [0.29, 0.717) is 66.5 Å². The van der Waals surface area contributed by atoms with Crippen molar-refractivity contribution in [3.05, 3.63) is 70.8 Å². The van der Waals surface area contributed by atoms with Crippen LogP contribution in [0.1, 0.15) is 34.3 Å². The third-order valence-corrected chi connectivity index (χ3v) is 6.55. The highest BCUT2D eigenvalue weighted by atomic mass is 32.2. The molecule has 1 aliphatic heterocycles. The monoisotopic (exact) mass is 493 g/mol. The minimum absolute atomic E-state index is 0.245. The van der Waals surface area contributed by atoms with Crippen LogP contribution in [0.2, 0.25) is 0 Å². The lowest BCUT2D eigenvalue weighted by molar-refractivity contribution is 0.0953. The van der Waals surface area contributed by atoms with Gasteiger partial charge in [-0.2, -0.15) is 0 Å². The van der Waals surface area contributed by atoms with Crippen LogP contribution in [0.15, 0.2) is 58.3 Å². The highest BCUT2D eigenvalue weighted by Gasteiger charge is 2.20. The molecule has 182 valence electrons. The van der Waals surface area contributed by atoms with E-state index < -0.39 is 10.8 Å². The van der Waals surface area contributed by atoms with E-state index in [1.807, 2.05) is 4.90 Å². The zero-order chi connectivity index (χ0) is 25.0. The van der Waals surface area contributed by atoms with Crippen LogP contribution in [0.4, 0.5) is 10.2 Å². The van der Waals surface area contributed by atoms with Gasteiger partial charge in [0.05, 0.1) is 11.1 Å². The molecule has 1 aromatic heterocycles. The standard InChI is InChI=1S/C26H28FN5O2S/c1-28-17-21(18-29-2)4-3-11-30-26(33)23-16-22(8-5-20-6-9-24(27)10-7-20)25(31-19-23)32-12-14-35(34)15-13-32/h6-7,9-10,16-19H,1,3-4,11-15H2,2H3,(H,30,33)/b21-17-,29-18?. The fourth-order valence-corrected chi connectivity index (χ4v) is 4.54. The topological polar surface area (TPSA) is 87.0 Å². The van der Waals surface area contributed by atoms with E-state index in [2.05, 4.69) is 38.8 Å². The molecule has 0 bridgehead atoms. The summed E-state index contributed by atoms with van der Waals surface area (Å²) >= 11 is 0. The number of benzene rings is 1. The van der Waals surface area contributed by atoms with Crippen molar-refractivity contribution in [3.63, 3.8) is 0 Å². The molecule has 1 aliphatic rings. The second-order valence-corrected chi connectivity index (χ2v) is 9.52. The Kier molecular flexibility index (Phi) is 9.87. The lowest BCUT2D eigenvalue weighted by atomic mass is 10.1. The number of carbonyl (C=O) groups excluding carboxylic acids is 1. The second-order valence-electron chi connectivity index (χ2n) is 7.82. The van der Waals surface area contributed by atoms with Crippen LogP contribution < -0.4 is 10.2 Å². The first kappa shape index (κ1) is 26.0. The zero-order valence-electron chi connectivity index (χ0n) is 19.7. The number of aromatic nitrogens is 1. The van der Waals surface area contributed by atoms with Crippen LogP contribution in [0.5, 0.6) is 0 Å². The first-order valence-electron chi connectivity index (χ1n) is 11.2. The minimum atomic E-state index is -0.827. The number of halogens is 1. The van der Waals surface area contributed by atoms with Crippen LogP contribution in [-0.2, 0) is 10.8 Å². The summed E-state index contributed by atoms with van der Waals surface area (Å²) in [5, 5.41) is 2.91. The lowest BCUT2D eigenvalue weighted by Gasteiger charge is -2.28. The van der Waals surface area contributed by atoms with Gasteiger partial charge in [-0.15, -0.1) is 0 Å². The van der Waals surface area contributed by atoms with Crippen LogP contribution >= 0.6 is 0 Å². The Hall–Kier alpha value is -3.64. The van der Waals surface area contributed by atoms with Gasteiger partial charge in [0, 0.05) is 73.2 Å². The molecule has 1 saturated heterocycles. The SMILES string of the molecule is C=N/C=C(\C=NC)CCCNC(=O)c1cnc(N2CCS(=O)CC2)c(C#Cc2ccc(F)cc2)c1. The van der Waals surface area contributed by atoms with Gasteiger partial charge in [-0.25, -0.2) is 9.37 Å². The molecule has 1 fully saturated rings. The van der Waals surface area contributed by atoms with Crippen LogP contribution in [0.25, 0.3) is 0 Å². The van der Waals surface area contributed by atoms with E-state index in [1.54, 1.807) is 37.7 Å². The number of allylic oxidation sites excluding steroid dienone is 1. The number of aliphatic imine (C=N–C) groups is 2. The Labute approximate surface area is 207 Å². The summed E-state index contributed by atoms with van der Waals surface area (Å²) in [5.74, 6) is 7.32. The highest BCUT2D eigenvalue weighted by molar-refractivity contribution is 7.85. The predicted octanol–water partition coefficient (Wildman–Crippen LogP) is 2.98. The molecular formula is C26H28FN5O2S. The van der Waals surface area contributed by atoms with Gasteiger partial charge in [0.25, 0.3) is 5.91 Å². The molecule has 0 unspecified atom stereocenters. The van der Waals surface area contributed by atoms with Crippen molar-refractivity contribution in [1.29, 1.82) is 0 Å². The molecule has 7 nitrogen and oxygen atoms in total. The van der Waals surface area contributed by atoms with E-state index in [9.17, 15) is 13.4 Å². The van der Waals surface area contributed by atoms with E-state index in [-0.39, 0.29) is 11.7 Å². The van der Waals surface area contributed by atoms with Crippen molar-refractivity contribution in [2.75, 3.05) is 43.1 Å². The number of amides is 1. The van der Waals surface area contributed by atoms with Crippen LogP contribution in [0, 0.1) is 17.7 Å². The quantitative estimate of drug-likeness (QED) is 0.348. The fraction of sp³-hybridized carbons (Fsp3) is 0.308. The number of rotatable bonds is 8. The number of anilines is 1. The summed E-state index contributed by atoms with van der Waals surface area (Å²) in [5.41, 5.74) is 2.58. The Balaban J connectivity index is 1.76. The normalized spacial score (nSPS) is 14.5. The van der Waals surface area contributed by atoms with Gasteiger partial charge in [-0.1, -0.05) is 11.8 Å². The number of nitrogens with one attached hydrogen (secondary N) is 1. The summed E-state index contributed by atoms with van der Waals surface area (Å²) in [7, 11) is 0.863. The number of hydrogen-bond acceptors (Lipinski definition) is 6. The van der Waals surface area contributed by atoms with Crippen molar-refractivity contribution in [3.8, 4) is 11.8 Å². The van der Waals surface area contributed by atoms with Crippen LogP contribution in [0.3, 0.4) is 0 Å². The molecule has 9 heteroatoms. The maximum Gasteiger partial charge on any atom is 0.252 e. The Morgan fingerprint density at radius 3 is 2.71 bits per heavy atom. The summed E-state index contributed by atoms with van der Waals surface area (Å²) in [6, 6.07) is 7.63. The molecule has 35 heavy (non-hydrogen) atoms. The Bertz CT molecular complexity index is 1190. The van der Waals surface area contributed by atoms with Crippen molar-refractivity contribution in [1.82, 2.24) is 10.3 Å². The molecule has 1 amide bonds. The largest absolute Gasteiger partial charge is 0.354 e. The van der Waals surface area contributed by atoms with E-state index in [4.69, 9.17) is 0 Å². The average Bonchev–Trinajstić information content (AvgIpc) is 2.87. The number of carbonyl (C=O) groups is 1. The lowest BCUT2D eigenvalue weighted by Crippen LogP contribution is -2.38. The number of nitrogens with zero attached hydrogens (tertiary/aromatic N) is 4. The second kappa shape index (κ2) is 13.3. The van der Waals surface area contributed by atoms with Gasteiger partial charge >= 0.3 is 0 Å². The van der Waals surface area contributed by atoms with Crippen molar-refractivity contribution < 1.29 is 13.4 Å². The summed E-state index contributed by atoms with van der Waals surface area (Å²) in [4.78, 5) is 27.1.